The van der Waals surface area contributed by atoms with E-state index in [0.29, 0.717) is 22.6 Å². The minimum Gasteiger partial charge on any atom is -0.481 e. The molecule has 1 amide bonds. The summed E-state index contributed by atoms with van der Waals surface area (Å²) in [7, 11) is 0. The van der Waals surface area contributed by atoms with Crippen molar-refractivity contribution in [2.24, 2.45) is 0 Å². The molecule has 0 spiro atoms. The van der Waals surface area contributed by atoms with Crippen molar-refractivity contribution in [3.05, 3.63) is 89.5 Å². The average molecular weight is 538 g/mol. The molecule has 4 N–H and O–H groups in total. The first-order valence-corrected chi connectivity index (χ1v) is 12.2. The lowest BCUT2D eigenvalue weighted by molar-refractivity contribution is -0.137. The summed E-state index contributed by atoms with van der Waals surface area (Å²) < 4.78 is 45.3. The Labute approximate surface area is 222 Å². The van der Waals surface area contributed by atoms with E-state index < -0.39 is 30.5 Å². The number of fused-ring (bicyclic) bond motifs is 1. The van der Waals surface area contributed by atoms with Crippen LogP contribution in [0.15, 0.2) is 77.2 Å². The van der Waals surface area contributed by atoms with E-state index >= 15 is 0 Å². The van der Waals surface area contributed by atoms with Crippen LogP contribution in [0.25, 0.3) is 22.3 Å². The van der Waals surface area contributed by atoms with E-state index in [9.17, 15) is 22.8 Å². The molecule has 0 aliphatic carbocycles. The number of anilines is 1. The maximum atomic E-state index is 13.1. The summed E-state index contributed by atoms with van der Waals surface area (Å²) in [4.78, 5) is 22.9. The fourth-order valence-electron chi connectivity index (χ4n) is 4.16. The second-order valence-corrected chi connectivity index (χ2v) is 8.97. The molecule has 0 aliphatic heterocycles. The standard InChI is InChI=1S/C29H26F3N3O4/c30-29(31,32)13-11-24(18-5-7-19(8-6-18)28(38)34-14-12-27(36)37)35-23-10-9-21(15-22(23)17-33)26-16-20-3-1-2-4-25(20)39-26/h1-10,15-17,24,33,35H,11-14H2,(H,34,38)(H,36,37). The number of carbonyl (C=O) groups excluding carboxylic acids is 1. The second-order valence-electron chi connectivity index (χ2n) is 8.97. The number of hydrogen-bond donors (Lipinski definition) is 4. The molecule has 0 saturated heterocycles. The maximum absolute atomic E-state index is 13.1. The SMILES string of the molecule is N=Cc1cc(-c2cc3ccccc3o2)ccc1NC(CCC(F)(F)F)c1ccc(C(=O)NCCC(=O)O)cc1. The number of carboxylic acids is 1. The Bertz CT molecular complexity index is 1450. The lowest BCUT2D eigenvalue weighted by atomic mass is 9.98. The lowest BCUT2D eigenvalue weighted by Gasteiger charge is -2.23. The quantitative estimate of drug-likeness (QED) is 0.157. The zero-order valence-electron chi connectivity index (χ0n) is 20.7. The number of amides is 1. The first kappa shape index (κ1) is 27.4. The van der Waals surface area contributed by atoms with Crippen LogP contribution >= 0.6 is 0 Å². The summed E-state index contributed by atoms with van der Waals surface area (Å²) in [5.74, 6) is -0.911. The number of carbonyl (C=O) groups is 2. The highest BCUT2D eigenvalue weighted by molar-refractivity contribution is 5.94. The molecule has 1 aromatic heterocycles. The van der Waals surface area contributed by atoms with Crippen LogP contribution in [0.5, 0.6) is 0 Å². The van der Waals surface area contributed by atoms with Crippen molar-refractivity contribution in [1.29, 1.82) is 5.41 Å². The minimum absolute atomic E-state index is 0.0396. The highest BCUT2D eigenvalue weighted by atomic mass is 19.4. The lowest BCUT2D eigenvalue weighted by Crippen LogP contribution is -2.26. The number of nitrogens with one attached hydrogen (secondary N) is 3. The smallest absolute Gasteiger partial charge is 0.389 e. The maximum Gasteiger partial charge on any atom is 0.389 e. The third-order valence-electron chi connectivity index (χ3n) is 6.16. The van der Waals surface area contributed by atoms with Crippen LogP contribution in [0.1, 0.15) is 46.8 Å². The molecule has 7 nitrogen and oxygen atoms in total. The van der Waals surface area contributed by atoms with Gasteiger partial charge in [-0.1, -0.05) is 30.3 Å². The van der Waals surface area contributed by atoms with Crippen LogP contribution in [-0.2, 0) is 4.79 Å². The molecule has 0 fully saturated rings. The molecular formula is C29H26F3N3O4. The zero-order chi connectivity index (χ0) is 28.0. The number of carboxylic acid groups (broad SMARTS) is 1. The van der Waals surface area contributed by atoms with Gasteiger partial charge >= 0.3 is 12.1 Å². The van der Waals surface area contributed by atoms with Gasteiger partial charge in [0.15, 0.2) is 0 Å². The molecule has 0 bridgehead atoms. The Morgan fingerprint density at radius 3 is 2.44 bits per heavy atom. The minimum atomic E-state index is -4.36. The highest BCUT2D eigenvalue weighted by Crippen LogP contribution is 2.34. The van der Waals surface area contributed by atoms with Gasteiger partial charge in [-0.15, -0.1) is 0 Å². The van der Waals surface area contributed by atoms with Gasteiger partial charge in [-0.3, -0.25) is 9.59 Å². The Hall–Kier alpha value is -4.60. The Kier molecular flexibility index (Phi) is 8.33. The van der Waals surface area contributed by atoms with Crippen LogP contribution in [0.2, 0.25) is 0 Å². The van der Waals surface area contributed by atoms with Gasteiger partial charge in [0, 0.05) is 46.9 Å². The summed E-state index contributed by atoms with van der Waals surface area (Å²) in [6.45, 7) is -0.0396. The number of benzene rings is 3. The molecule has 202 valence electrons. The molecule has 0 saturated carbocycles. The van der Waals surface area contributed by atoms with Gasteiger partial charge < -0.3 is 25.6 Å². The molecule has 4 rings (SSSR count). The molecule has 10 heteroatoms. The molecule has 39 heavy (non-hydrogen) atoms. The van der Waals surface area contributed by atoms with E-state index in [2.05, 4.69) is 10.6 Å². The summed E-state index contributed by atoms with van der Waals surface area (Å²) in [5.41, 5.74) is 3.18. The van der Waals surface area contributed by atoms with Crippen LogP contribution in [0.3, 0.4) is 0 Å². The van der Waals surface area contributed by atoms with Crippen molar-refractivity contribution in [2.45, 2.75) is 31.5 Å². The fraction of sp³-hybridized carbons (Fsp3) is 0.207. The van der Waals surface area contributed by atoms with Crippen molar-refractivity contribution in [2.75, 3.05) is 11.9 Å². The Morgan fingerprint density at radius 2 is 1.77 bits per heavy atom. The third-order valence-corrected chi connectivity index (χ3v) is 6.16. The summed E-state index contributed by atoms with van der Waals surface area (Å²) >= 11 is 0. The van der Waals surface area contributed by atoms with E-state index in [1.807, 2.05) is 30.3 Å². The molecule has 3 aromatic carbocycles. The van der Waals surface area contributed by atoms with Crippen molar-refractivity contribution < 1.29 is 32.3 Å². The first-order chi connectivity index (χ1) is 18.6. The number of furan rings is 1. The number of para-hydroxylation sites is 1. The van der Waals surface area contributed by atoms with Crippen molar-refractivity contribution in [3.63, 3.8) is 0 Å². The average Bonchev–Trinajstić information content (AvgIpc) is 3.35. The van der Waals surface area contributed by atoms with Gasteiger partial charge in [0.1, 0.15) is 11.3 Å². The molecule has 0 radical (unpaired) electrons. The normalized spacial score (nSPS) is 12.2. The van der Waals surface area contributed by atoms with Crippen molar-refractivity contribution >= 4 is 34.7 Å². The second kappa shape index (κ2) is 11.8. The monoisotopic (exact) mass is 537 g/mol. The molecule has 0 aliphatic rings. The molecular weight excluding hydrogens is 511 g/mol. The van der Waals surface area contributed by atoms with Crippen molar-refractivity contribution in [1.82, 2.24) is 5.32 Å². The summed E-state index contributed by atoms with van der Waals surface area (Å²) in [5, 5.41) is 23.2. The van der Waals surface area contributed by atoms with Gasteiger partial charge in [0.05, 0.1) is 12.5 Å². The number of aliphatic carboxylic acids is 1. The topological polar surface area (TPSA) is 115 Å². The van der Waals surface area contributed by atoms with Gasteiger partial charge in [0.2, 0.25) is 0 Å². The predicted molar refractivity (Wildman–Crippen MR) is 142 cm³/mol. The van der Waals surface area contributed by atoms with Gasteiger partial charge in [-0.05, 0) is 54.4 Å². The molecule has 1 atom stereocenters. The van der Waals surface area contributed by atoms with E-state index in [0.717, 1.165) is 22.7 Å². The number of hydrogen-bond acceptors (Lipinski definition) is 5. The van der Waals surface area contributed by atoms with Crippen LogP contribution in [0, 0.1) is 5.41 Å². The van der Waals surface area contributed by atoms with E-state index in [4.69, 9.17) is 14.9 Å². The first-order valence-electron chi connectivity index (χ1n) is 12.2. The fourth-order valence-corrected chi connectivity index (χ4v) is 4.16. The van der Waals surface area contributed by atoms with Crippen molar-refractivity contribution in [3.8, 4) is 11.3 Å². The number of halogens is 3. The largest absolute Gasteiger partial charge is 0.481 e. The molecule has 4 aromatic rings. The molecule has 1 unspecified atom stereocenters. The van der Waals surface area contributed by atoms with Gasteiger partial charge in [0.25, 0.3) is 5.91 Å². The summed E-state index contributed by atoms with van der Waals surface area (Å²) in [6.07, 6.45) is -4.76. The predicted octanol–water partition coefficient (Wildman–Crippen LogP) is 6.80. The summed E-state index contributed by atoms with van der Waals surface area (Å²) in [6, 6.07) is 20.0. The van der Waals surface area contributed by atoms with Crippen LogP contribution < -0.4 is 10.6 Å². The zero-order valence-corrected chi connectivity index (χ0v) is 20.7. The Balaban J connectivity index is 1.56. The van der Waals surface area contributed by atoms with E-state index in [-0.39, 0.29) is 24.9 Å². The molecule has 1 heterocycles. The highest BCUT2D eigenvalue weighted by Gasteiger charge is 2.29. The third kappa shape index (κ3) is 7.25. The number of alkyl halides is 3. The van der Waals surface area contributed by atoms with E-state index in [1.54, 1.807) is 30.3 Å². The van der Waals surface area contributed by atoms with E-state index in [1.165, 1.54) is 12.1 Å². The van der Waals surface area contributed by atoms with Gasteiger partial charge in [-0.2, -0.15) is 13.2 Å². The number of rotatable bonds is 11. The Morgan fingerprint density at radius 1 is 1.03 bits per heavy atom. The van der Waals surface area contributed by atoms with Gasteiger partial charge in [-0.25, -0.2) is 0 Å². The van der Waals surface area contributed by atoms with Crippen LogP contribution in [0.4, 0.5) is 18.9 Å². The van der Waals surface area contributed by atoms with Crippen LogP contribution in [-0.4, -0.2) is 35.9 Å².